The average molecular weight is 338 g/mol. The number of aliphatic hydroxyl groups is 1. The third-order valence-corrected chi connectivity index (χ3v) is 3.61. The van der Waals surface area contributed by atoms with Crippen molar-refractivity contribution in [3.63, 3.8) is 0 Å². The van der Waals surface area contributed by atoms with E-state index in [0.29, 0.717) is 18.9 Å². The van der Waals surface area contributed by atoms with Crippen LogP contribution in [0.2, 0.25) is 0 Å². The number of amides is 1. The van der Waals surface area contributed by atoms with Crippen molar-refractivity contribution in [3.05, 3.63) is 41.9 Å². The molecule has 5 nitrogen and oxygen atoms in total. The summed E-state index contributed by atoms with van der Waals surface area (Å²) in [6.07, 6.45) is 1.88. The number of hydrogen-bond donors (Lipinski definition) is 1. The third-order valence-electron chi connectivity index (χ3n) is 3.61. The van der Waals surface area contributed by atoms with Crippen LogP contribution < -0.4 is 0 Å². The summed E-state index contributed by atoms with van der Waals surface area (Å²) in [6.45, 7) is 2.13. The topological polar surface area (TPSA) is 66.6 Å². The molecule has 0 bridgehead atoms. The molecule has 1 amide bonds. The third kappa shape index (κ3) is 4.86. The molecule has 0 fully saturated rings. The van der Waals surface area contributed by atoms with Gasteiger partial charge in [-0.25, -0.2) is 13.8 Å². The molecule has 0 aliphatic heterocycles. The average Bonchev–Trinajstić information content (AvgIpc) is 2.98. The van der Waals surface area contributed by atoms with Gasteiger partial charge in [-0.05, 0) is 25.5 Å². The molecule has 1 aromatic carbocycles. The molecular weight excluding hydrogens is 318 g/mol. The van der Waals surface area contributed by atoms with Gasteiger partial charge in [-0.15, -0.1) is 0 Å². The minimum Gasteiger partial charge on any atom is -0.441 e. The summed E-state index contributed by atoms with van der Waals surface area (Å²) < 4.78 is 32.1. The van der Waals surface area contributed by atoms with Crippen LogP contribution in [-0.2, 0) is 11.2 Å². The SMILES string of the molecule is CC(O)CCN(C)C(=O)CCc1ncc(-c2ccc(F)cc2F)o1. The maximum Gasteiger partial charge on any atom is 0.222 e. The normalized spacial score (nSPS) is 12.2. The van der Waals surface area contributed by atoms with Gasteiger partial charge < -0.3 is 14.4 Å². The lowest BCUT2D eigenvalue weighted by Gasteiger charge is -2.17. The van der Waals surface area contributed by atoms with E-state index in [1.165, 1.54) is 17.2 Å². The number of nitrogens with zero attached hydrogens (tertiary/aromatic N) is 2. The Morgan fingerprint density at radius 1 is 1.42 bits per heavy atom. The number of hydrogen-bond acceptors (Lipinski definition) is 4. The molecule has 2 aromatic rings. The van der Waals surface area contributed by atoms with E-state index in [-0.39, 0.29) is 30.1 Å². The molecule has 0 spiro atoms. The largest absolute Gasteiger partial charge is 0.441 e. The van der Waals surface area contributed by atoms with Crippen LogP contribution in [-0.4, -0.2) is 40.6 Å². The summed E-state index contributed by atoms with van der Waals surface area (Å²) in [5.41, 5.74) is 0.121. The van der Waals surface area contributed by atoms with Crippen molar-refractivity contribution in [2.75, 3.05) is 13.6 Å². The van der Waals surface area contributed by atoms with Crippen molar-refractivity contribution >= 4 is 5.91 Å². The maximum absolute atomic E-state index is 13.7. The zero-order valence-electron chi connectivity index (χ0n) is 13.6. The number of aromatic nitrogens is 1. The molecule has 1 atom stereocenters. The van der Waals surface area contributed by atoms with Crippen molar-refractivity contribution in [1.82, 2.24) is 9.88 Å². The fourth-order valence-electron chi connectivity index (χ4n) is 2.15. The first-order valence-corrected chi connectivity index (χ1v) is 7.69. The maximum atomic E-state index is 13.7. The molecule has 1 unspecified atom stereocenters. The molecular formula is C17H20F2N2O3. The van der Waals surface area contributed by atoms with Crippen molar-refractivity contribution < 1.29 is 23.1 Å². The standard InChI is InChI=1S/C17H20F2N2O3/c1-11(22)7-8-21(2)17(23)6-5-16-20-10-15(24-16)13-4-3-12(18)9-14(13)19/h3-4,9-11,22H,5-8H2,1-2H3. The molecule has 0 aliphatic rings. The van der Waals surface area contributed by atoms with Crippen LogP contribution in [0, 0.1) is 11.6 Å². The Bertz CT molecular complexity index is 701. The van der Waals surface area contributed by atoms with Gasteiger partial charge in [-0.3, -0.25) is 4.79 Å². The fraction of sp³-hybridized carbons (Fsp3) is 0.412. The van der Waals surface area contributed by atoms with Crippen LogP contribution in [0.4, 0.5) is 8.78 Å². The van der Waals surface area contributed by atoms with Crippen molar-refractivity contribution in [1.29, 1.82) is 0 Å². The van der Waals surface area contributed by atoms with Gasteiger partial charge in [0.1, 0.15) is 11.6 Å². The Balaban J connectivity index is 1.93. The van der Waals surface area contributed by atoms with Gasteiger partial charge in [-0.2, -0.15) is 0 Å². The minimum absolute atomic E-state index is 0.0941. The zero-order chi connectivity index (χ0) is 17.7. The number of halogens is 2. The summed E-state index contributed by atoms with van der Waals surface area (Å²) >= 11 is 0. The fourth-order valence-corrected chi connectivity index (χ4v) is 2.15. The second-order valence-electron chi connectivity index (χ2n) is 5.70. The van der Waals surface area contributed by atoms with Gasteiger partial charge in [0.25, 0.3) is 0 Å². The van der Waals surface area contributed by atoms with E-state index in [1.54, 1.807) is 14.0 Å². The predicted octanol–water partition coefficient (Wildman–Crippen LogP) is 2.78. The van der Waals surface area contributed by atoms with Crippen LogP contribution in [0.3, 0.4) is 0 Å². The Kier molecular flexibility index (Phi) is 6.03. The molecule has 0 radical (unpaired) electrons. The van der Waals surface area contributed by atoms with E-state index in [4.69, 9.17) is 4.42 Å². The molecule has 130 valence electrons. The first-order valence-electron chi connectivity index (χ1n) is 7.69. The lowest BCUT2D eigenvalue weighted by atomic mass is 10.2. The number of rotatable bonds is 7. The highest BCUT2D eigenvalue weighted by atomic mass is 19.1. The van der Waals surface area contributed by atoms with Crippen molar-refractivity contribution in [2.24, 2.45) is 0 Å². The number of aliphatic hydroxyl groups excluding tert-OH is 1. The molecule has 24 heavy (non-hydrogen) atoms. The van der Waals surface area contributed by atoms with E-state index in [0.717, 1.165) is 12.1 Å². The van der Waals surface area contributed by atoms with Gasteiger partial charge in [0.05, 0.1) is 17.9 Å². The highest BCUT2D eigenvalue weighted by Crippen LogP contribution is 2.24. The Hall–Kier alpha value is -2.28. The van der Waals surface area contributed by atoms with Crippen molar-refractivity contribution in [3.8, 4) is 11.3 Å². The molecule has 1 N–H and O–H groups in total. The van der Waals surface area contributed by atoms with Gasteiger partial charge in [0.2, 0.25) is 5.91 Å². The molecule has 0 aliphatic carbocycles. The van der Waals surface area contributed by atoms with E-state index >= 15 is 0 Å². The van der Waals surface area contributed by atoms with Crippen LogP contribution in [0.25, 0.3) is 11.3 Å². The van der Waals surface area contributed by atoms with E-state index in [2.05, 4.69) is 4.98 Å². The second-order valence-corrected chi connectivity index (χ2v) is 5.70. The second kappa shape index (κ2) is 8.01. The van der Waals surface area contributed by atoms with Gasteiger partial charge in [0, 0.05) is 32.5 Å². The zero-order valence-corrected chi connectivity index (χ0v) is 13.6. The number of carbonyl (C=O) groups is 1. The van der Waals surface area contributed by atoms with E-state index in [9.17, 15) is 18.7 Å². The predicted molar refractivity (Wildman–Crippen MR) is 84.1 cm³/mol. The first kappa shape index (κ1) is 18.1. The summed E-state index contributed by atoms with van der Waals surface area (Å²) in [5.74, 6) is -0.986. The van der Waals surface area contributed by atoms with Gasteiger partial charge in [-0.1, -0.05) is 0 Å². The smallest absolute Gasteiger partial charge is 0.222 e. The molecule has 0 saturated carbocycles. The Labute approximate surface area is 138 Å². The molecule has 0 saturated heterocycles. The quantitative estimate of drug-likeness (QED) is 0.843. The highest BCUT2D eigenvalue weighted by Gasteiger charge is 2.14. The van der Waals surface area contributed by atoms with Gasteiger partial charge >= 0.3 is 0 Å². The van der Waals surface area contributed by atoms with E-state index < -0.39 is 17.7 Å². The summed E-state index contributed by atoms with van der Waals surface area (Å²) in [4.78, 5) is 17.5. The van der Waals surface area contributed by atoms with Gasteiger partial charge in [0.15, 0.2) is 11.7 Å². The summed E-state index contributed by atoms with van der Waals surface area (Å²) in [6, 6.07) is 3.20. The first-order chi connectivity index (χ1) is 11.4. The lowest BCUT2D eigenvalue weighted by molar-refractivity contribution is -0.130. The number of aryl methyl sites for hydroxylation is 1. The molecule has 1 aromatic heterocycles. The summed E-state index contributed by atoms with van der Waals surface area (Å²) in [5, 5.41) is 9.22. The van der Waals surface area contributed by atoms with Crippen LogP contribution >= 0.6 is 0 Å². The van der Waals surface area contributed by atoms with Crippen molar-refractivity contribution in [2.45, 2.75) is 32.3 Å². The minimum atomic E-state index is -0.730. The monoisotopic (exact) mass is 338 g/mol. The molecule has 2 rings (SSSR count). The van der Waals surface area contributed by atoms with E-state index in [1.807, 2.05) is 0 Å². The van der Waals surface area contributed by atoms with Crippen LogP contribution in [0.15, 0.2) is 28.8 Å². The number of benzene rings is 1. The molecule has 1 heterocycles. The Morgan fingerprint density at radius 2 is 2.17 bits per heavy atom. The van der Waals surface area contributed by atoms with Crippen LogP contribution in [0.5, 0.6) is 0 Å². The lowest BCUT2D eigenvalue weighted by Crippen LogP contribution is -2.29. The Morgan fingerprint density at radius 3 is 2.83 bits per heavy atom. The number of oxazole rings is 1. The molecule has 7 heteroatoms. The van der Waals surface area contributed by atoms with Crippen LogP contribution in [0.1, 0.15) is 25.7 Å². The number of carbonyl (C=O) groups excluding carboxylic acids is 1. The highest BCUT2D eigenvalue weighted by molar-refractivity contribution is 5.76. The summed E-state index contributed by atoms with van der Waals surface area (Å²) in [7, 11) is 1.67.